The molecule has 180 valence electrons. The lowest BCUT2D eigenvalue weighted by molar-refractivity contribution is -0.987. The number of amides is 1. The second-order valence-corrected chi connectivity index (χ2v) is 8.78. The SMILES string of the molecule is COc1ccccc1OCC(O)C[N+]1([O-])CC[N+]([O-])(CC(=O)Nc2c(C)cccc2C)CC1. The number of hydroxylamine groups is 6. The van der Waals surface area contributed by atoms with E-state index in [2.05, 4.69) is 5.32 Å². The van der Waals surface area contributed by atoms with Crippen LogP contribution in [-0.4, -0.2) is 79.4 Å². The lowest BCUT2D eigenvalue weighted by atomic mass is 10.1. The van der Waals surface area contributed by atoms with Gasteiger partial charge in [0.25, 0.3) is 5.91 Å². The van der Waals surface area contributed by atoms with Crippen molar-refractivity contribution in [2.75, 3.05) is 58.3 Å². The number of rotatable bonds is 9. The molecular weight excluding hydrogens is 426 g/mol. The number of anilines is 1. The monoisotopic (exact) mass is 459 g/mol. The Morgan fingerprint density at radius 1 is 1.00 bits per heavy atom. The molecule has 1 aliphatic heterocycles. The first-order valence-electron chi connectivity index (χ1n) is 11.1. The quantitative estimate of drug-likeness (QED) is 0.440. The molecule has 2 aromatic carbocycles. The summed E-state index contributed by atoms with van der Waals surface area (Å²) in [5.41, 5.74) is 2.58. The van der Waals surface area contributed by atoms with Crippen LogP contribution in [0, 0.1) is 24.3 Å². The van der Waals surface area contributed by atoms with Crippen molar-refractivity contribution < 1.29 is 28.7 Å². The van der Waals surface area contributed by atoms with E-state index >= 15 is 0 Å². The minimum Gasteiger partial charge on any atom is -0.632 e. The molecule has 9 nitrogen and oxygen atoms in total. The molecule has 3 rings (SSSR count). The van der Waals surface area contributed by atoms with Crippen molar-refractivity contribution in [1.82, 2.24) is 0 Å². The number of para-hydroxylation sites is 3. The third-order valence-electron chi connectivity index (χ3n) is 6.05. The summed E-state index contributed by atoms with van der Waals surface area (Å²) in [6, 6.07) is 12.8. The van der Waals surface area contributed by atoms with E-state index in [-0.39, 0.29) is 51.8 Å². The largest absolute Gasteiger partial charge is 0.632 e. The van der Waals surface area contributed by atoms with Crippen LogP contribution in [0.5, 0.6) is 11.5 Å². The Kier molecular flexibility index (Phi) is 7.93. The number of nitrogens with one attached hydrogen (secondary N) is 1. The number of quaternary nitrogens is 2. The fourth-order valence-electron chi connectivity index (χ4n) is 4.11. The summed E-state index contributed by atoms with van der Waals surface area (Å²) >= 11 is 0. The molecule has 1 amide bonds. The average molecular weight is 460 g/mol. The van der Waals surface area contributed by atoms with Crippen LogP contribution in [0.4, 0.5) is 5.69 Å². The highest BCUT2D eigenvalue weighted by Crippen LogP contribution is 2.26. The van der Waals surface area contributed by atoms with Gasteiger partial charge in [-0.2, -0.15) is 0 Å². The van der Waals surface area contributed by atoms with E-state index in [0.717, 1.165) is 16.8 Å². The lowest BCUT2D eigenvalue weighted by Gasteiger charge is -2.54. The number of benzene rings is 2. The number of methoxy groups -OCH3 is 1. The summed E-state index contributed by atoms with van der Waals surface area (Å²) in [5.74, 6) is 0.667. The number of carbonyl (C=O) groups is 1. The Hall–Kier alpha value is -2.69. The predicted molar refractivity (Wildman–Crippen MR) is 125 cm³/mol. The van der Waals surface area contributed by atoms with Gasteiger partial charge in [0.2, 0.25) is 0 Å². The molecule has 1 aliphatic rings. The third kappa shape index (κ3) is 6.66. The number of hydrogen-bond acceptors (Lipinski definition) is 6. The molecule has 1 fully saturated rings. The van der Waals surface area contributed by atoms with Gasteiger partial charge in [0.05, 0.1) is 7.11 Å². The Balaban J connectivity index is 1.49. The van der Waals surface area contributed by atoms with Gasteiger partial charge < -0.3 is 39.6 Å². The molecule has 2 aromatic rings. The van der Waals surface area contributed by atoms with E-state index in [4.69, 9.17) is 9.47 Å². The molecular formula is C24H33N3O6. The predicted octanol–water partition coefficient (Wildman–Crippen LogP) is 2.33. The number of nitrogens with zero attached hydrogens (tertiary/aromatic N) is 2. The van der Waals surface area contributed by atoms with Crippen molar-refractivity contribution in [2.24, 2.45) is 0 Å². The van der Waals surface area contributed by atoms with E-state index in [1.165, 1.54) is 7.11 Å². The molecule has 1 atom stereocenters. The number of aliphatic hydroxyl groups is 1. The Labute approximate surface area is 194 Å². The van der Waals surface area contributed by atoms with Gasteiger partial charge in [-0.3, -0.25) is 4.79 Å². The van der Waals surface area contributed by atoms with Gasteiger partial charge in [-0.1, -0.05) is 30.3 Å². The molecule has 0 aromatic heterocycles. The number of hydrogen-bond donors (Lipinski definition) is 2. The summed E-state index contributed by atoms with van der Waals surface area (Å²) in [7, 11) is 1.53. The lowest BCUT2D eigenvalue weighted by Crippen LogP contribution is -2.65. The molecule has 1 saturated heterocycles. The second kappa shape index (κ2) is 10.5. The fraction of sp³-hybridized carbons (Fsp3) is 0.458. The van der Waals surface area contributed by atoms with Gasteiger partial charge in [-0.15, -0.1) is 0 Å². The molecule has 0 aliphatic carbocycles. The highest BCUT2D eigenvalue weighted by atomic mass is 16.6. The molecule has 0 radical (unpaired) electrons. The van der Waals surface area contributed by atoms with Gasteiger partial charge in [-0.05, 0) is 37.1 Å². The van der Waals surface area contributed by atoms with Crippen molar-refractivity contribution in [3.05, 3.63) is 64.0 Å². The standard InChI is InChI=1S/C24H33N3O6/c1-18-7-6-8-19(2)24(18)25-23(29)16-27(31)13-11-26(30,12-14-27)15-20(28)17-33-22-10-5-4-9-21(22)32-3/h4-10,20,28H,11-17H2,1-3H3,(H,25,29). The Bertz CT molecular complexity index is 939. The van der Waals surface area contributed by atoms with Crippen LogP contribution >= 0.6 is 0 Å². The number of carbonyl (C=O) groups excluding carboxylic acids is 1. The van der Waals surface area contributed by atoms with E-state index in [1.54, 1.807) is 18.2 Å². The van der Waals surface area contributed by atoms with Gasteiger partial charge in [-0.25, -0.2) is 0 Å². The maximum atomic E-state index is 13.1. The second-order valence-electron chi connectivity index (χ2n) is 8.78. The van der Waals surface area contributed by atoms with Gasteiger partial charge in [0, 0.05) is 5.69 Å². The molecule has 9 heteroatoms. The number of aryl methyl sites for hydroxylation is 2. The molecule has 0 spiro atoms. The third-order valence-corrected chi connectivity index (χ3v) is 6.05. The summed E-state index contributed by atoms with van der Waals surface area (Å²) in [4.78, 5) is 12.5. The van der Waals surface area contributed by atoms with Gasteiger partial charge in [0.1, 0.15) is 45.4 Å². The van der Waals surface area contributed by atoms with E-state index in [1.807, 2.05) is 38.1 Å². The molecule has 0 bridgehead atoms. The van der Waals surface area contributed by atoms with Gasteiger partial charge in [0.15, 0.2) is 18.0 Å². The first-order valence-corrected chi connectivity index (χ1v) is 11.1. The molecule has 1 unspecified atom stereocenters. The van der Waals surface area contributed by atoms with Crippen LogP contribution in [0.15, 0.2) is 42.5 Å². The minimum atomic E-state index is -0.994. The zero-order valence-electron chi connectivity index (χ0n) is 19.5. The maximum Gasteiger partial charge on any atom is 0.279 e. The summed E-state index contributed by atoms with van der Waals surface area (Å²) in [5, 5.41) is 39.3. The Morgan fingerprint density at radius 2 is 1.58 bits per heavy atom. The molecule has 2 N–H and O–H groups in total. The van der Waals surface area contributed by atoms with E-state index in [0.29, 0.717) is 11.5 Å². The van der Waals surface area contributed by atoms with Crippen LogP contribution in [0.2, 0.25) is 0 Å². The smallest absolute Gasteiger partial charge is 0.279 e. The van der Waals surface area contributed by atoms with Crippen molar-refractivity contribution in [3.63, 3.8) is 0 Å². The van der Waals surface area contributed by atoms with Crippen LogP contribution in [0.25, 0.3) is 0 Å². The van der Waals surface area contributed by atoms with Crippen LogP contribution in [0.1, 0.15) is 11.1 Å². The average Bonchev–Trinajstić information content (AvgIpc) is 2.77. The van der Waals surface area contributed by atoms with Crippen LogP contribution < -0.4 is 14.8 Å². The summed E-state index contributed by atoms with van der Waals surface area (Å²) in [6.45, 7) is 3.52. The number of ether oxygens (including phenoxy) is 2. The zero-order valence-corrected chi connectivity index (χ0v) is 19.5. The minimum absolute atomic E-state index is 0.0176. The van der Waals surface area contributed by atoms with Gasteiger partial charge >= 0.3 is 0 Å². The molecule has 33 heavy (non-hydrogen) atoms. The highest BCUT2D eigenvalue weighted by molar-refractivity contribution is 5.93. The Morgan fingerprint density at radius 3 is 2.18 bits per heavy atom. The zero-order chi connectivity index (χ0) is 24.1. The maximum absolute atomic E-state index is 13.1. The van der Waals surface area contributed by atoms with Crippen LogP contribution in [-0.2, 0) is 4.79 Å². The number of aliphatic hydroxyl groups excluding tert-OH is 1. The van der Waals surface area contributed by atoms with E-state index in [9.17, 15) is 20.3 Å². The normalized spacial score (nSPS) is 23.6. The van der Waals surface area contributed by atoms with Crippen molar-refractivity contribution in [2.45, 2.75) is 20.0 Å². The molecule has 1 heterocycles. The number of piperazine rings is 1. The fourth-order valence-corrected chi connectivity index (χ4v) is 4.11. The first kappa shape index (κ1) is 24.9. The topological polar surface area (TPSA) is 114 Å². The molecule has 0 saturated carbocycles. The van der Waals surface area contributed by atoms with Crippen molar-refractivity contribution >= 4 is 11.6 Å². The summed E-state index contributed by atoms with van der Waals surface area (Å²) in [6.07, 6.45) is -0.994. The van der Waals surface area contributed by atoms with Crippen molar-refractivity contribution in [3.8, 4) is 11.5 Å². The van der Waals surface area contributed by atoms with Crippen molar-refractivity contribution in [1.29, 1.82) is 0 Å². The highest BCUT2D eigenvalue weighted by Gasteiger charge is 2.35. The van der Waals surface area contributed by atoms with Crippen LogP contribution in [0.3, 0.4) is 0 Å². The van der Waals surface area contributed by atoms with E-state index < -0.39 is 15.4 Å². The summed E-state index contributed by atoms with van der Waals surface area (Å²) < 4.78 is 9.39. The first-order chi connectivity index (χ1) is 15.6.